The van der Waals surface area contributed by atoms with E-state index in [2.05, 4.69) is 82.1 Å². The second-order valence-corrected chi connectivity index (χ2v) is 20.9. The van der Waals surface area contributed by atoms with Crippen molar-refractivity contribution in [1.29, 1.82) is 5.26 Å². The van der Waals surface area contributed by atoms with Crippen LogP contribution in [-0.4, -0.2) is 98.4 Å². The van der Waals surface area contributed by atoms with Gasteiger partial charge in [-0.15, -0.1) is 20.5 Å². The number of azo groups is 2. The quantitative estimate of drug-likeness (QED) is 0.00817. The smallest absolute Gasteiger partial charge is 0.338 e. The predicted octanol–water partition coefficient (Wildman–Crippen LogP) is 12.5. The van der Waals surface area contributed by atoms with Crippen LogP contribution in [0.1, 0.15) is 51.9 Å². The molecular formula is C65H54N24O6. The number of aromatic nitrogens is 14. The SMILES string of the molecule is [C-]#[N+]c1cnn(-c2ccccc2)c1N=Nc1c(-c2ccc(COOCCCCCOC(=O)c3ccc(-c4nn(-c5nc(O)nc(Nc6ccc(C)cc6)n5)c(N)c4N=Nc4c(C#N)cnn4-c4ccccc4)cc3)cc2)nn(-c2nc(O)nc(Nc3ccc(C)cc3)n2)c1N. The number of esters is 1. The number of nitrogens with one attached hydrogen (secondary N) is 2. The number of nitriles is 1. The van der Waals surface area contributed by atoms with Gasteiger partial charge in [-0.25, -0.2) is 28.8 Å². The molecule has 6 aromatic heterocycles. The maximum atomic E-state index is 13.3. The van der Waals surface area contributed by atoms with Crippen molar-refractivity contribution in [2.45, 2.75) is 39.7 Å². The summed E-state index contributed by atoms with van der Waals surface area (Å²) in [6.45, 7) is 12.2. The highest BCUT2D eigenvalue weighted by molar-refractivity contribution is 5.91. The van der Waals surface area contributed by atoms with E-state index in [0.29, 0.717) is 53.1 Å². The van der Waals surface area contributed by atoms with Gasteiger partial charge in [-0.05, 0) is 99.3 Å². The van der Waals surface area contributed by atoms with E-state index in [-0.39, 0.29) is 106 Å². The van der Waals surface area contributed by atoms with Gasteiger partial charge in [0.05, 0.1) is 49.1 Å². The van der Waals surface area contributed by atoms with Crippen LogP contribution >= 0.6 is 0 Å². The van der Waals surface area contributed by atoms with Crippen LogP contribution in [0.2, 0.25) is 0 Å². The highest BCUT2D eigenvalue weighted by atomic mass is 17.2. The van der Waals surface area contributed by atoms with Crippen LogP contribution in [0.3, 0.4) is 0 Å². The van der Waals surface area contributed by atoms with E-state index >= 15 is 0 Å². The number of rotatable bonds is 24. The number of carbonyl (C=O) groups is 1. The Morgan fingerprint density at radius 3 is 1.60 bits per heavy atom. The standard InChI is InChI=1S/C65H54N24O6/c1-39-17-29-46(30-18-39)72-60-74-62(78-64(91)76-60)88-55(67)53(80-82-57-45(35-66)36-70-86(57)48-13-7-4-8-14-48)52(85-88)43-25-27-44(28-26-43)59(90)93-33-11-6-12-34-94-95-38-41-21-23-42(24-22-41)51-54(81-83-58-50(69-3)37-71-87(58)49-15-9-5-10-16-49)56(68)89(84-51)63-75-61(77-65(92)79-63)73-47-31-19-40(2)20-32-47/h4-5,7-10,13-32,36-37H,6,11-12,33-34,38,67-68H2,1-2H3,(H2,72,74,76,78,91)(H2,73,75,77,79,92). The molecule has 12 aromatic rings. The Bertz CT molecular complexity index is 4870. The molecule has 0 bridgehead atoms. The fraction of sp³-hybridized carbons (Fsp3) is 0.123. The molecule has 30 nitrogen and oxygen atoms in total. The van der Waals surface area contributed by atoms with E-state index in [4.69, 9.17) is 42.7 Å². The second kappa shape index (κ2) is 28.2. The number of nitrogens with two attached hydrogens (primary N) is 2. The molecule has 0 radical (unpaired) electrons. The monoisotopic (exact) mass is 1270 g/mol. The molecule has 0 aliphatic carbocycles. The molecular weight excluding hydrogens is 1210 g/mol. The molecule has 6 aromatic carbocycles. The lowest BCUT2D eigenvalue weighted by Gasteiger charge is -2.08. The average molecular weight is 1270 g/mol. The number of nitrogen functional groups attached to an aromatic ring is 2. The molecule has 470 valence electrons. The van der Waals surface area contributed by atoms with Crippen molar-refractivity contribution in [1.82, 2.24) is 69.0 Å². The molecule has 8 N–H and O–H groups in total. The van der Waals surface area contributed by atoms with Crippen LogP contribution in [-0.2, 0) is 21.1 Å². The molecule has 12 rings (SSSR count). The summed E-state index contributed by atoms with van der Waals surface area (Å²) in [5.74, 6) is -0.624. The zero-order valence-corrected chi connectivity index (χ0v) is 50.5. The number of hydrogen-bond donors (Lipinski definition) is 6. The van der Waals surface area contributed by atoms with Crippen LogP contribution in [0, 0.1) is 31.8 Å². The number of nitrogens with zero attached hydrogens (tertiary/aromatic N) is 20. The number of aromatic hydroxyl groups is 2. The fourth-order valence-electron chi connectivity index (χ4n) is 9.39. The number of para-hydroxylation sites is 2. The van der Waals surface area contributed by atoms with Gasteiger partial charge in [0.2, 0.25) is 11.9 Å². The summed E-state index contributed by atoms with van der Waals surface area (Å²) in [5.41, 5.74) is 21.2. The largest absolute Gasteiger partial charge is 0.479 e. The van der Waals surface area contributed by atoms with Gasteiger partial charge in [0.15, 0.2) is 34.6 Å². The minimum absolute atomic E-state index is 0.00479. The van der Waals surface area contributed by atoms with Crippen LogP contribution < -0.4 is 22.1 Å². The van der Waals surface area contributed by atoms with Gasteiger partial charge < -0.3 is 37.1 Å². The number of hydrogen-bond acceptors (Lipinski definition) is 25. The summed E-state index contributed by atoms with van der Waals surface area (Å²) >= 11 is 0. The lowest BCUT2D eigenvalue weighted by molar-refractivity contribution is -0.304. The molecule has 0 amide bonds. The Balaban J connectivity index is 0.675. The van der Waals surface area contributed by atoms with Crippen molar-refractivity contribution in [2.24, 2.45) is 20.5 Å². The van der Waals surface area contributed by atoms with E-state index < -0.39 is 18.0 Å². The highest BCUT2D eigenvalue weighted by Gasteiger charge is 2.25. The number of ether oxygens (including phenoxy) is 1. The minimum atomic E-state index is -0.613. The number of unbranched alkanes of at least 4 members (excludes halogenated alkanes) is 2. The van der Waals surface area contributed by atoms with Crippen molar-refractivity contribution >= 4 is 69.6 Å². The molecule has 95 heavy (non-hydrogen) atoms. The Morgan fingerprint density at radius 1 is 0.579 bits per heavy atom. The minimum Gasteiger partial charge on any atom is -0.479 e. The molecule has 0 aliphatic rings. The van der Waals surface area contributed by atoms with Crippen LogP contribution in [0.4, 0.5) is 63.6 Å². The van der Waals surface area contributed by atoms with Gasteiger partial charge in [-0.2, -0.15) is 64.9 Å². The summed E-state index contributed by atoms with van der Waals surface area (Å²) in [4.78, 5) is 53.3. The summed E-state index contributed by atoms with van der Waals surface area (Å²) in [6, 6.07) is 47.7. The van der Waals surface area contributed by atoms with E-state index in [1.54, 1.807) is 48.5 Å². The van der Waals surface area contributed by atoms with Crippen LogP contribution in [0.25, 0.3) is 50.6 Å². The summed E-state index contributed by atoms with van der Waals surface area (Å²) in [6.07, 6.45) is 4.59. The number of aryl methyl sites for hydroxylation is 2. The number of benzene rings is 6. The Morgan fingerprint density at radius 2 is 1.07 bits per heavy atom. The lowest BCUT2D eigenvalue weighted by atomic mass is 10.1. The first-order valence-electron chi connectivity index (χ1n) is 29.2. The predicted molar refractivity (Wildman–Crippen MR) is 347 cm³/mol. The molecule has 0 atom stereocenters. The molecule has 30 heteroatoms. The average Bonchev–Trinajstić information content (AvgIpc) is 1.87. The van der Waals surface area contributed by atoms with Crippen LogP contribution in [0.15, 0.2) is 191 Å². The first-order valence-corrected chi connectivity index (χ1v) is 29.2. The summed E-state index contributed by atoms with van der Waals surface area (Å²) in [7, 11) is 0. The molecule has 0 saturated carbocycles. The fourth-order valence-corrected chi connectivity index (χ4v) is 9.39. The molecule has 6 heterocycles. The first kappa shape index (κ1) is 61.8. The highest BCUT2D eigenvalue weighted by Crippen LogP contribution is 2.41. The van der Waals surface area contributed by atoms with Gasteiger partial charge in [0.25, 0.3) is 17.6 Å². The molecule has 0 saturated heterocycles. The Labute approximate surface area is 540 Å². The second-order valence-electron chi connectivity index (χ2n) is 20.9. The molecule has 0 fully saturated rings. The zero-order chi connectivity index (χ0) is 65.8. The third kappa shape index (κ3) is 14.3. The lowest BCUT2D eigenvalue weighted by Crippen LogP contribution is -2.09. The van der Waals surface area contributed by atoms with Gasteiger partial charge in [0, 0.05) is 22.5 Å². The molecule has 0 spiro atoms. The first-order chi connectivity index (χ1) is 46.4. The van der Waals surface area contributed by atoms with Crippen molar-refractivity contribution in [3.63, 3.8) is 0 Å². The third-order valence-corrected chi connectivity index (χ3v) is 14.2. The van der Waals surface area contributed by atoms with Gasteiger partial charge in [0.1, 0.15) is 29.6 Å². The molecule has 0 aliphatic heterocycles. The van der Waals surface area contributed by atoms with Gasteiger partial charge in [-0.1, -0.05) is 108 Å². The van der Waals surface area contributed by atoms with Crippen molar-refractivity contribution in [3.8, 4) is 63.9 Å². The maximum absolute atomic E-state index is 13.3. The normalized spacial score (nSPS) is 11.3. The topological polar surface area (TPSA) is 388 Å². The van der Waals surface area contributed by atoms with Crippen molar-refractivity contribution in [2.75, 3.05) is 35.3 Å². The van der Waals surface area contributed by atoms with Gasteiger partial charge in [-0.3, -0.25) is 0 Å². The van der Waals surface area contributed by atoms with Crippen LogP contribution in [0.5, 0.6) is 12.0 Å². The maximum Gasteiger partial charge on any atom is 0.338 e. The Hall–Kier alpha value is -13.5. The van der Waals surface area contributed by atoms with Gasteiger partial charge >= 0.3 is 18.0 Å². The number of anilines is 6. The van der Waals surface area contributed by atoms with Crippen molar-refractivity contribution < 1.29 is 29.5 Å². The summed E-state index contributed by atoms with van der Waals surface area (Å²) < 4.78 is 11.0. The van der Waals surface area contributed by atoms with E-state index in [0.717, 1.165) is 16.7 Å². The van der Waals surface area contributed by atoms with E-state index in [1.807, 2.05) is 123 Å². The number of carbonyl (C=O) groups excluding carboxylic acids is 1. The van der Waals surface area contributed by atoms with E-state index in [9.17, 15) is 20.3 Å². The third-order valence-electron chi connectivity index (χ3n) is 14.2. The van der Waals surface area contributed by atoms with E-state index in [1.165, 1.54) is 31.1 Å². The van der Waals surface area contributed by atoms with Crippen molar-refractivity contribution in [3.05, 3.63) is 209 Å². The zero-order valence-electron chi connectivity index (χ0n) is 50.5. The molecule has 0 unspecified atom stereocenters. The summed E-state index contributed by atoms with van der Waals surface area (Å²) in [5, 5.41) is 73.6. The Kier molecular flexibility index (Phi) is 18.3.